The zero-order valence-corrected chi connectivity index (χ0v) is 8.17. The van der Waals surface area contributed by atoms with Gasteiger partial charge in [0, 0.05) is 5.56 Å². The van der Waals surface area contributed by atoms with E-state index in [4.69, 9.17) is 4.74 Å². The van der Waals surface area contributed by atoms with Crippen LogP contribution in [-0.4, -0.2) is 6.61 Å². The van der Waals surface area contributed by atoms with E-state index < -0.39 is 6.43 Å². The third-order valence-electron chi connectivity index (χ3n) is 1.90. The van der Waals surface area contributed by atoms with E-state index in [9.17, 15) is 8.78 Å². The predicted molar refractivity (Wildman–Crippen MR) is 51.8 cm³/mol. The number of alkyl halides is 2. The van der Waals surface area contributed by atoms with Gasteiger partial charge in [0.1, 0.15) is 5.75 Å². The van der Waals surface area contributed by atoms with E-state index in [1.54, 1.807) is 12.1 Å². The van der Waals surface area contributed by atoms with Crippen molar-refractivity contribution >= 4 is 0 Å². The molecule has 0 N–H and O–H groups in total. The highest BCUT2D eigenvalue weighted by Gasteiger charge is 2.05. The Morgan fingerprint density at radius 1 is 1.21 bits per heavy atom. The highest BCUT2D eigenvalue weighted by Crippen LogP contribution is 2.21. The Hall–Kier alpha value is -1.12. The number of benzene rings is 1. The zero-order chi connectivity index (χ0) is 10.4. The summed E-state index contributed by atoms with van der Waals surface area (Å²) in [5.41, 5.74) is 0.0350. The average Bonchev–Trinajstić information content (AvgIpc) is 2.19. The third-order valence-corrected chi connectivity index (χ3v) is 1.90. The molecule has 0 bridgehead atoms. The fraction of sp³-hybridized carbons (Fsp3) is 0.455. The predicted octanol–water partition coefficient (Wildman–Crippen LogP) is 3.80. The third kappa shape index (κ3) is 3.32. The maximum atomic E-state index is 12.2. The van der Waals surface area contributed by atoms with Crippen LogP contribution >= 0.6 is 0 Å². The molecule has 0 spiro atoms. The first kappa shape index (κ1) is 11.0. The molecule has 0 aromatic heterocycles. The van der Waals surface area contributed by atoms with Gasteiger partial charge in [0.15, 0.2) is 0 Å². The molecule has 0 saturated heterocycles. The van der Waals surface area contributed by atoms with Gasteiger partial charge >= 0.3 is 0 Å². The first-order valence-electron chi connectivity index (χ1n) is 4.75. The summed E-state index contributed by atoms with van der Waals surface area (Å²) < 4.78 is 29.7. The first-order chi connectivity index (χ1) is 6.74. The number of hydrogen-bond donors (Lipinski definition) is 0. The highest BCUT2D eigenvalue weighted by molar-refractivity contribution is 5.27. The van der Waals surface area contributed by atoms with Gasteiger partial charge in [-0.1, -0.05) is 13.3 Å². The van der Waals surface area contributed by atoms with Crippen molar-refractivity contribution in [1.29, 1.82) is 0 Å². The molecule has 0 heterocycles. The van der Waals surface area contributed by atoms with Crippen molar-refractivity contribution in [3.63, 3.8) is 0 Å². The molecule has 1 nitrogen and oxygen atoms in total. The molecule has 0 aliphatic rings. The minimum absolute atomic E-state index is 0.0350. The lowest BCUT2D eigenvalue weighted by atomic mass is 10.2. The van der Waals surface area contributed by atoms with Crippen LogP contribution in [0.25, 0.3) is 0 Å². The molecule has 1 rings (SSSR count). The summed E-state index contributed by atoms with van der Waals surface area (Å²) >= 11 is 0. The Morgan fingerprint density at radius 2 is 1.86 bits per heavy atom. The summed E-state index contributed by atoms with van der Waals surface area (Å²) in [4.78, 5) is 0. The van der Waals surface area contributed by atoms with Gasteiger partial charge in [0.05, 0.1) is 6.61 Å². The van der Waals surface area contributed by atoms with Gasteiger partial charge in [-0.05, 0) is 30.7 Å². The molecule has 0 unspecified atom stereocenters. The summed E-state index contributed by atoms with van der Waals surface area (Å²) in [7, 11) is 0. The topological polar surface area (TPSA) is 9.23 Å². The second-order valence-corrected chi connectivity index (χ2v) is 3.07. The number of hydrogen-bond acceptors (Lipinski definition) is 1. The lowest BCUT2D eigenvalue weighted by molar-refractivity contribution is 0.151. The van der Waals surface area contributed by atoms with E-state index in [1.807, 2.05) is 0 Å². The van der Waals surface area contributed by atoms with Gasteiger partial charge < -0.3 is 4.74 Å². The summed E-state index contributed by atoms with van der Waals surface area (Å²) in [5, 5.41) is 0. The Kier molecular flexibility index (Phi) is 4.36. The minimum Gasteiger partial charge on any atom is -0.494 e. The molecule has 0 aliphatic carbocycles. The number of ether oxygens (including phenoxy) is 1. The molecule has 1 aromatic carbocycles. The molecule has 14 heavy (non-hydrogen) atoms. The first-order valence-corrected chi connectivity index (χ1v) is 4.75. The summed E-state index contributed by atoms with van der Waals surface area (Å²) in [5.74, 6) is 0.655. The van der Waals surface area contributed by atoms with Crippen LogP contribution in [0.5, 0.6) is 5.75 Å². The van der Waals surface area contributed by atoms with E-state index >= 15 is 0 Å². The highest BCUT2D eigenvalue weighted by atomic mass is 19.3. The molecule has 1 aromatic rings. The fourth-order valence-corrected chi connectivity index (χ4v) is 1.04. The SMILES string of the molecule is CCCCOc1ccc(C(F)F)cc1. The number of rotatable bonds is 5. The van der Waals surface area contributed by atoms with Crippen molar-refractivity contribution in [2.45, 2.75) is 26.2 Å². The van der Waals surface area contributed by atoms with E-state index in [2.05, 4.69) is 6.92 Å². The maximum absolute atomic E-state index is 12.2. The van der Waals surface area contributed by atoms with E-state index in [0.717, 1.165) is 12.8 Å². The Bertz CT molecular complexity index is 256. The van der Waals surface area contributed by atoms with Crippen LogP contribution in [0.3, 0.4) is 0 Å². The van der Waals surface area contributed by atoms with Gasteiger partial charge in [-0.3, -0.25) is 0 Å². The van der Waals surface area contributed by atoms with Gasteiger partial charge in [-0.15, -0.1) is 0 Å². The second-order valence-electron chi connectivity index (χ2n) is 3.07. The molecule has 0 radical (unpaired) electrons. The van der Waals surface area contributed by atoms with Crippen molar-refractivity contribution < 1.29 is 13.5 Å². The van der Waals surface area contributed by atoms with Crippen LogP contribution in [0.2, 0.25) is 0 Å². The molecule has 3 heteroatoms. The summed E-state index contributed by atoms with van der Waals surface area (Å²) in [6, 6.07) is 5.95. The lowest BCUT2D eigenvalue weighted by Crippen LogP contribution is -1.96. The van der Waals surface area contributed by atoms with Crippen LogP contribution in [-0.2, 0) is 0 Å². The van der Waals surface area contributed by atoms with Crippen LogP contribution in [0.15, 0.2) is 24.3 Å². The van der Waals surface area contributed by atoms with Gasteiger partial charge in [0.25, 0.3) is 6.43 Å². The number of halogens is 2. The maximum Gasteiger partial charge on any atom is 0.263 e. The fourth-order valence-electron chi connectivity index (χ4n) is 1.04. The van der Waals surface area contributed by atoms with Crippen LogP contribution in [0, 0.1) is 0 Å². The zero-order valence-electron chi connectivity index (χ0n) is 8.17. The Balaban J connectivity index is 2.47. The monoisotopic (exact) mass is 200 g/mol. The van der Waals surface area contributed by atoms with Crippen LogP contribution < -0.4 is 4.74 Å². The molecular formula is C11H14F2O. The van der Waals surface area contributed by atoms with Gasteiger partial charge in [-0.2, -0.15) is 0 Å². The van der Waals surface area contributed by atoms with Crippen LogP contribution in [0.1, 0.15) is 31.8 Å². The molecule has 0 amide bonds. The van der Waals surface area contributed by atoms with Crippen molar-refractivity contribution in [2.75, 3.05) is 6.61 Å². The quantitative estimate of drug-likeness (QED) is 0.657. The lowest BCUT2D eigenvalue weighted by Gasteiger charge is -2.05. The molecular weight excluding hydrogens is 186 g/mol. The van der Waals surface area contributed by atoms with Crippen LogP contribution in [0.4, 0.5) is 8.78 Å². The van der Waals surface area contributed by atoms with E-state index in [0.29, 0.717) is 12.4 Å². The van der Waals surface area contributed by atoms with Crippen molar-refractivity contribution in [1.82, 2.24) is 0 Å². The standard InChI is InChI=1S/C11H14F2O/c1-2-3-8-14-10-6-4-9(5-7-10)11(12)13/h4-7,11H,2-3,8H2,1H3. The molecule has 0 aliphatic heterocycles. The molecule has 0 atom stereocenters. The van der Waals surface area contributed by atoms with Crippen molar-refractivity contribution in [3.8, 4) is 5.75 Å². The smallest absolute Gasteiger partial charge is 0.263 e. The Labute approximate surface area is 82.7 Å². The van der Waals surface area contributed by atoms with Crippen molar-refractivity contribution in [2.24, 2.45) is 0 Å². The molecule has 0 saturated carbocycles. The second kappa shape index (κ2) is 5.58. The summed E-state index contributed by atoms with van der Waals surface area (Å²) in [6.07, 6.45) is -0.356. The van der Waals surface area contributed by atoms with Gasteiger partial charge in [0.2, 0.25) is 0 Å². The average molecular weight is 200 g/mol. The largest absolute Gasteiger partial charge is 0.494 e. The van der Waals surface area contributed by atoms with E-state index in [-0.39, 0.29) is 5.56 Å². The van der Waals surface area contributed by atoms with Crippen molar-refractivity contribution in [3.05, 3.63) is 29.8 Å². The van der Waals surface area contributed by atoms with E-state index in [1.165, 1.54) is 12.1 Å². The minimum atomic E-state index is -2.40. The normalized spacial score (nSPS) is 10.6. The van der Waals surface area contributed by atoms with Gasteiger partial charge in [-0.25, -0.2) is 8.78 Å². The Morgan fingerprint density at radius 3 is 2.36 bits per heavy atom. The number of unbranched alkanes of at least 4 members (excludes halogenated alkanes) is 1. The molecule has 0 fully saturated rings. The molecule has 78 valence electrons. The summed E-state index contributed by atoms with van der Waals surface area (Å²) in [6.45, 7) is 2.72.